The van der Waals surface area contributed by atoms with Crippen LogP contribution in [0.2, 0.25) is 0 Å². The van der Waals surface area contributed by atoms with Gasteiger partial charge in [0, 0.05) is 10.6 Å². The topological polar surface area (TPSA) is 59.1 Å². The van der Waals surface area contributed by atoms with Crippen LogP contribution >= 0.6 is 11.8 Å². The number of methoxy groups -OCH3 is 1. The highest BCUT2D eigenvalue weighted by Gasteiger charge is 2.08. The van der Waals surface area contributed by atoms with Crippen molar-refractivity contribution in [2.45, 2.75) is 17.6 Å². The van der Waals surface area contributed by atoms with E-state index in [1.807, 2.05) is 30.3 Å². The molecule has 0 fully saturated rings. The maximum absolute atomic E-state index is 7.60. The number of nitrogens with one attached hydrogen (secondary N) is 1. The number of benzene rings is 2. The summed E-state index contributed by atoms with van der Waals surface area (Å²) < 4.78 is 5.22. The van der Waals surface area contributed by atoms with Crippen molar-refractivity contribution >= 4 is 17.6 Å². The molecule has 20 heavy (non-hydrogen) atoms. The highest BCUT2D eigenvalue weighted by molar-refractivity contribution is 7.98. The van der Waals surface area contributed by atoms with E-state index >= 15 is 0 Å². The minimum absolute atomic E-state index is 0.0320. The zero-order chi connectivity index (χ0) is 14.5. The van der Waals surface area contributed by atoms with E-state index in [-0.39, 0.29) is 5.84 Å². The molecule has 2 rings (SSSR count). The number of hydrogen-bond acceptors (Lipinski definition) is 3. The average molecular weight is 286 g/mol. The molecule has 0 aliphatic carbocycles. The number of nitrogens with two attached hydrogens (primary N) is 1. The lowest BCUT2D eigenvalue weighted by molar-refractivity contribution is 0.413. The van der Waals surface area contributed by atoms with Crippen molar-refractivity contribution < 1.29 is 4.74 Å². The van der Waals surface area contributed by atoms with E-state index in [0.29, 0.717) is 11.3 Å². The molecule has 2 aromatic carbocycles. The van der Waals surface area contributed by atoms with Gasteiger partial charge in [-0.15, -0.1) is 11.8 Å². The summed E-state index contributed by atoms with van der Waals surface area (Å²) in [6, 6.07) is 14.1. The summed E-state index contributed by atoms with van der Waals surface area (Å²) in [6.07, 6.45) is 0. The first-order valence-corrected chi connectivity index (χ1v) is 7.30. The molecule has 104 valence electrons. The Morgan fingerprint density at radius 2 is 2.00 bits per heavy atom. The van der Waals surface area contributed by atoms with E-state index in [0.717, 1.165) is 11.3 Å². The van der Waals surface area contributed by atoms with Gasteiger partial charge in [-0.05, 0) is 36.2 Å². The lowest BCUT2D eigenvalue weighted by atomic mass is 10.1. The smallest absolute Gasteiger partial charge is 0.129 e. The third-order valence-corrected chi connectivity index (χ3v) is 4.29. The molecule has 2 aromatic rings. The van der Waals surface area contributed by atoms with Crippen molar-refractivity contribution in [3.63, 3.8) is 0 Å². The Morgan fingerprint density at radius 3 is 2.65 bits per heavy atom. The van der Waals surface area contributed by atoms with Crippen LogP contribution in [0, 0.1) is 12.3 Å². The van der Waals surface area contributed by atoms with Gasteiger partial charge in [0.25, 0.3) is 0 Å². The Balaban J connectivity index is 2.16. The standard InChI is InChI=1S/C16H18N2OS/c1-11-5-3-4-6-15(11)20-10-12-7-8-14(19-2)13(9-12)16(17)18/h3-9H,10H2,1-2H3,(H3,17,18). The summed E-state index contributed by atoms with van der Waals surface area (Å²) in [5.74, 6) is 1.52. The molecule has 3 nitrogen and oxygen atoms in total. The van der Waals surface area contributed by atoms with Gasteiger partial charge in [0.05, 0.1) is 12.7 Å². The van der Waals surface area contributed by atoms with Crippen molar-refractivity contribution in [3.8, 4) is 5.75 Å². The molecule has 0 aliphatic rings. The summed E-state index contributed by atoms with van der Waals surface area (Å²) in [7, 11) is 1.59. The van der Waals surface area contributed by atoms with E-state index in [1.165, 1.54) is 10.5 Å². The zero-order valence-electron chi connectivity index (χ0n) is 11.6. The van der Waals surface area contributed by atoms with E-state index in [1.54, 1.807) is 18.9 Å². The molecule has 3 N–H and O–H groups in total. The Labute approximate surface area is 123 Å². The Hall–Kier alpha value is -1.94. The highest BCUT2D eigenvalue weighted by Crippen LogP contribution is 2.27. The second-order valence-corrected chi connectivity index (χ2v) is 5.52. The summed E-state index contributed by atoms with van der Waals surface area (Å²) >= 11 is 1.78. The van der Waals surface area contributed by atoms with Crippen molar-refractivity contribution in [1.29, 1.82) is 5.41 Å². The minimum atomic E-state index is 0.0320. The van der Waals surface area contributed by atoms with Crippen LogP contribution in [0.15, 0.2) is 47.4 Å². The van der Waals surface area contributed by atoms with Crippen molar-refractivity contribution in [3.05, 3.63) is 59.2 Å². The molecule has 0 unspecified atom stereocenters. The van der Waals surface area contributed by atoms with Gasteiger partial charge < -0.3 is 10.5 Å². The molecule has 0 radical (unpaired) electrons. The van der Waals surface area contributed by atoms with Gasteiger partial charge in [-0.25, -0.2) is 0 Å². The number of rotatable bonds is 5. The van der Waals surface area contributed by atoms with Crippen LogP contribution in [-0.4, -0.2) is 12.9 Å². The first kappa shape index (κ1) is 14.5. The van der Waals surface area contributed by atoms with Crippen LogP contribution in [0.3, 0.4) is 0 Å². The minimum Gasteiger partial charge on any atom is -0.496 e. The number of amidine groups is 1. The van der Waals surface area contributed by atoms with Gasteiger partial charge in [0.2, 0.25) is 0 Å². The third-order valence-electron chi connectivity index (χ3n) is 3.04. The quantitative estimate of drug-likeness (QED) is 0.502. The number of nitrogen functional groups attached to an aromatic ring is 1. The van der Waals surface area contributed by atoms with E-state index in [9.17, 15) is 0 Å². The summed E-state index contributed by atoms with van der Waals surface area (Å²) in [6.45, 7) is 2.11. The molecule has 0 saturated heterocycles. The van der Waals surface area contributed by atoms with Gasteiger partial charge in [-0.3, -0.25) is 5.41 Å². The van der Waals surface area contributed by atoms with Gasteiger partial charge in [-0.2, -0.15) is 0 Å². The highest BCUT2D eigenvalue weighted by atomic mass is 32.2. The fourth-order valence-corrected chi connectivity index (χ4v) is 2.91. The third kappa shape index (κ3) is 3.33. The number of hydrogen-bond donors (Lipinski definition) is 2. The van der Waals surface area contributed by atoms with Crippen molar-refractivity contribution in [2.24, 2.45) is 5.73 Å². The molecular formula is C16H18N2OS. The Kier molecular flexibility index (Phi) is 4.69. The summed E-state index contributed by atoms with van der Waals surface area (Å²) in [5, 5.41) is 7.60. The predicted molar refractivity (Wildman–Crippen MR) is 84.8 cm³/mol. The average Bonchev–Trinajstić information content (AvgIpc) is 2.46. The van der Waals surface area contributed by atoms with Crippen LogP contribution in [-0.2, 0) is 5.75 Å². The van der Waals surface area contributed by atoms with Gasteiger partial charge in [0.15, 0.2) is 0 Å². The molecular weight excluding hydrogens is 268 g/mol. The van der Waals surface area contributed by atoms with Crippen molar-refractivity contribution in [1.82, 2.24) is 0 Å². The van der Waals surface area contributed by atoms with Crippen molar-refractivity contribution in [2.75, 3.05) is 7.11 Å². The van der Waals surface area contributed by atoms with Crippen LogP contribution in [0.25, 0.3) is 0 Å². The second kappa shape index (κ2) is 6.48. The first-order valence-electron chi connectivity index (χ1n) is 6.31. The first-order chi connectivity index (χ1) is 9.61. The fourth-order valence-electron chi connectivity index (χ4n) is 1.93. The lowest BCUT2D eigenvalue weighted by Gasteiger charge is -2.10. The molecule has 0 aromatic heterocycles. The van der Waals surface area contributed by atoms with E-state index in [4.69, 9.17) is 15.9 Å². The molecule has 0 bridgehead atoms. The Bertz CT molecular complexity index is 626. The van der Waals surface area contributed by atoms with Gasteiger partial charge >= 0.3 is 0 Å². The van der Waals surface area contributed by atoms with E-state index in [2.05, 4.69) is 19.1 Å². The largest absolute Gasteiger partial charge is 0.496 e. The number of ether oxygens (including phenoxy) is 1. The molecule has 0 atom stereocenters. The molecule has 0 heterocycles. The molecule has 0 spiro atoms. The van der Waals surface area contributed by atoms with Crippen LogP contribution in [0.1, 0.15) is 16.7 Å². The number of thioether (sulfide) groups is 1. The Morgan fingerprint density at radius 1 is 1.25 bits per heavy atom. The summed E-state index contributed by atoms with van der Waals surface area (Å²) in [4.78, 5) is 1.27. The van der Waals surface area contributed by atoms with E-state index < -0.39 is 0 Å². The lowest BCUT2D eigenvalue weighted by Crippen LogP contribution is -2.12. The molecule has 0 saturated carbocycles. The van der Waals surface area contributed by atoms with Gasteiger partial charge in [0.1, 0.15) is 11.6 Å². The van der Waals surface area contributed by atoms with Crippen LogP contribution < -0.4 is 10.5 Å². The normalized spacial score (nSPS) is 10.3. The SMILES string of the molecule is COc1ccc(CSc2ccccc2C)cc1C(=N)N. The molecule has 0 amide bonds. The fraction of sp³-hybridized carbons (Fsp3) is 0.188. The van der Waals surface area contributed by atoms with Gasteiger partial charge in [-0.1, -0.05) is 24.3 Å². The molecule has 4 heteroatoms. The number of aryl methyl sites for hydroxylation is 1. The maximum Gasteiger partial charge on any atom is 0.129 e. The van der Waals surface area contributed by atoms with Crippen LogP contribution in [0.5, 0.6) is 5.75 Å². The predicted octanol–water partition coefficient (Wildman–Crippen LogP) is 3.58. The monoisotopic (exact) mass is 286 g/mol. The van der Waals surface area contributed by atoms with Crippen LogP contribution in [0.4, 0.5) is 0 Å². The maximum atomic E-state index is 7.60. The second-order valence-electron chi connectivity index (χ2n) is 4.50. The zero-order valence-corrected chi connectivity index (χ0v) is 12.5. The summed E-state index contributed by atoms with van der Waals surface area (Å²) in [5.41, 5.74) is 8.64. The molecule has 0 aliphatic heterocycles.